The lowest BCUT2D eigenvalue weighted by Gasteiger charge is -2.05. The van der Waals surface area contributed by atoms with Crippen LogP contribution in [0.1, 0.15) is 5.76 Å². The summed E-state index contributed by atoms with van der Waals surface area (Å²) < 4.78 is 63.0. The third-order valence-electron chi connectivity index (χ3n) is 2.92. The summed E-state index contributed by atoms with van der Waals surface area (Å²) in [7, 11) is -4.42. The molecule has 3 rings (SSSR count). The number of aryl methyl sites for hydroxylation is 1. The largest absolute Gasteiger partial charge is 0.469 e. The van der Waals surface area contributed by atoms with Crippen LogP contribution in [0.2, 0.25) is 0 Å². The van der Waals surface area contributed by atoms with Crippen molar-refractivity contribution in [3.05, 3.63) is 47.9 Å². The second-order valence-electron chi connectivity index (χ2n) is 4.48. The molecule has 10 heteroatoms. The van der Waals surface area contributed by atoms with Gasteiger partial charge in [-0.25, -0.2) is 21.9 Å². The van der Waals surface area contributed by atoms with Crippen LogP contribution in [0.4, 0.5) is 14.8 Å². The van der Waals surface area contributed by atoms with Gasteiger partial charge < -0.3 is 8.83 Å². The molecule has 3 aromatic rings. The molecule has 0 bridgehead atoms. The van der Waals surface area contributed by atoms with Gasteiger partial charge in [0.05, 0.1) is 11.8 Å². The number of sulfonamides is 1. The number of nitrogens with one attached hydrogen (secondary N) is 1. The minimum Gasteiger partial charge on any atom is -0.469 e. The predicted molar refractivity (Wildman–Crippen MR) is 73.9 cm³/mol. The van der Waals surface area contributed by atoms with Gasteiger partial charge in [-0.05, 0) is 31.2 Å². The highest BCUT2D eigenvalue weighted by Gasteiger charge is 2.23. The first kappa shape index (κ1) is 15.2. The molecule has 7 nitrogen and oxygen atoms in total. The van der Waals surface area contributed by atoms with Crippen molar-refractivity contribution in [1.29, 1.82) is 0 Å². The summed E-state index contributed by atoms with van der Waals surface area (Å²) in [6, 6.07) is 3.14. The summed E-state index contributed by atoms with van der Waals surface area (Å²) in [5, 5.41) is 7.18. The van der Waals surface area contributed by atoms with E-state index < -0.39 is 32.6 Å². The van der Waals surface area contributed by atoms with Gasteiger partial charge in [0.2, 0.25) is 0 Å². The SMILES string of the molecule is Cc1occc1-c1nnc(NS(=O)(=O)c2cc(F)ccc2F)o1. The minimum absolute atomic E-state index is 0.0219. The Hall–Kier alpha value is -2.75. The standard InChI is InChI=1S/C13H9F2N3O4S/c1-7-9(4-5-21-7)12-16-17-13(22-12)18-23(19,20)11-6-8(14)2-3-10(11)15/h2-6H,1H3,(H,17,18). The second-order valence-corrected chi connectivity index (χ2v) is 6.13. The highest BCUT2D eigenvalue weighted by atomic mass is 32.2. The molecule has 0 unspecified atom stereocenters. The minimum atomic E-state index is -4.42. The van der Waals surface area contributed by atoms with E-state index in [2.05, 4.69) is 10.2 Å². The van der Waals surface area contributed by atoms with Crippen LogP contribution in [0.25, 0.3) is 11.5 Å². The fourth-order valence-corrected chi connectivity index (χ4v) is 2.85. The number of hydrogen-bond acceptors (Lipinski definition) is 6. The molecule has 2 heterocycles. The second kappa shape index (κ2) is 5.47. The number of rotatable bonds is 4. The maximum absolute atomic E-state index is 13.6. The van der Waals surface area contributed by atoms with Crippen molar-refractivity contribution in [1.82, 2.24) is 10.2 Å². The Balaban J connectivity index is 1.91. The Morgan fingerprint density at radius 1 is 1.17 bits per heavy atom. The molecule has 1 aromatic carbocycles. The fraction of sp³-hybridized carbons (Fsp3) is 0.0769. The van der Waals surface area contributed by atoms with Crippen LogP contribution in [0.15, 0.2) is 44.3 Å². The van der Waals surface area contributed by atoms with Gasteiger partial charge in [0.25, 0.3) is 15.9 Å². The number of furan rings is 1. The third-order valence-corrected chi connectivity index (χ3v) is 4.25. The zero-order chi connectivity index (χ0) is 16.6. The smallest absolute Gasteiger partial charge is 0.330 e. The predicted octanol–water partition coefficient (Wildman–Crippen LogP) is 2.72. The van der Waals surface area contributed by atoms with Gasteiger partial charge in [0.1, 0.15) is 22.3 Å². The maximum atomic E-state index is 13.6. The molecule has 0 radical (unpaired) electrons. The molecule has 0 aliphatic rings. The van der Waals surface area contributed by atoms with E-state index in [1.165, 1.54) is 6.26 Å². The number of nitrogens with zero attached hydrogens (tertiary/aromatic N) is 2. The van der Waals surface area contributed by atoms with Crippen LogP contribution in [-0.2, 0) is 10.0 Å². The highest BCUT2D eigenvalue weighted by molar-refractivity contribution is 7.92. The van der Waals surface area contributed by atoms with E-state index in [1.807, 2.05) is 4.72 Å². The van der Waals surface area contributed by atoms with E-state index in [1.54, 1.807) is 13.0 Å². The molecular weight excluding hydrogens is 332 g/mol. The molecule has 1 N–H and O–H groups in total. The lowest BCUT2D eigenvalue weighted by Crippen LogP contribution is -2.15. The van der Waals surface area contributed by atoms with Crippen LogP contribution >= 0.6 is 0 Å². The van der Waals surface area contributed by atoms with E-state index in [4.69, 9.17) is 8.83 Å². The lowest BCUT2D eigenvalue weighted by atomic mass is 10.3. The number of halogens is 2. The van der Waals surface area contributed by atoms with Crippen LogP contribution in [0, 0.1) is 18.6 Å². The van der Waals surface area contributed by atoms with Crippen LogP contribution < -0.4 is 4.72 Å². The monoisotopic (exact) mass is 341 g/mol. The third kappa shape index (κ3) is 2.93. The topological polar surface area (TPSA) is 98.2 Å². The van der Waals surface area contributed by atoms with Crippen LogP contribution in [0.5, 0.6) is 0 Å². The Kier molecular flexibility index (Phi) is 3.60. The van der Waals surface area contributed by atoms with Crippen molar-refractivity contribution in [2.45, 2.75) is 11.8 Å². The summed E-state index contributed by atoms with van der Waals surface area (Å²) in [6.45, 7) is 1.66. The molecule has 0 saturated heterocycles. The molecule has 23 heavy (non-hydrogen) atoms. The summed E-state index contributed by atoms with van der Waals surface area (Å²) >= 11 is 0. The van der Waals surface area contributed by atoms with Gasteiger partial charge >= 0.3 is 6.01 Å². The zero-order valence-corrected chi connectivity index (χ0v) is 12.4. The van der Waals surface area contributed by atoms with Crippen LogP contribution in [-0.4, -0.2) is 18.6 Å². The number of aromatic nitrogens is 2. The summed E-state index contributed by atoms with van der Waals surface area (Å²) in [6.07, 6.45) is 1.40. The first-order valence-corrected chi connectivity index (χ1v) is 7.71. The average molecular weight is 341 g/mol. The van der Waals surface area contributed by atoms with Crippen molar-refractivity contribution in [2.24, 2.45) is 0 Å². The lowest BCUT2D eigenvalue weighted by molar-refractivity contribution is 0.530. The molecule has 0 fully saturated rings. The zero-order valence-electron chi connectivity index (χ0n) is 11.6. The molecule has 0 aliphatic carbocycles. The van der Waals surface area contributed by atoms with E-state index in [9.17, 15) is 17.2 Å². The van der Waals surface area contributed by atoms with Crippen molar-refractivity contribution in [3.8, 4) is 11.5 Å². The normalized spacial score (nSPS) is 11.6. The summed E-state index contributed by atoms with van der Waals surface area (Å²) in [5.41, 5.74) is 0.486. The van der Waals surface area contributed by atoms with Gasteiger partial charge in [0.15, 0.2) is 0 Å². The molecule has 120 valence electrons. The van der Waals surface area contributed by atoms with E-state index in [0.29, 0.717) is 23.5 Å². The molecule has 0 amide bonds. The highest BCUT2D eigenvalue weighted by Crippen LogP contribution is 2.25. The molecule has 0 atom stereocenters. The van der Waals surface area contributed by atoms with E-state index in [-0.39, 0.29) is 5.89 Å². The van der Waals surface area contributed by atoms with E-state index >= 15 is 0 Å². The van der Waals surface area contributed by atoms with Gasteiger partial charge in [-0.1, -0.05) is 5.10 Å². The van der Waals surface area contributed by atoms with Crippen molar-refractivity contribution >= 4 is 16.0 Å². The van der Waals surface area contributed by atoms with Gasteiger partial charge in [-0.3, -0.25) is 0 Å². The number of hydrogen-bond donors (Lipinski definition) is 1. The fourth-order valence-electron chi connectivity index (χ4n) is 1.83. The van der Waals surface area contributed by atoms with Gasteiger partial charge in [0, 0.05) is 0 Å². The molecular formula is C13H9F2N3O4S. The van der Waals surface area contributed by atoms with Crippen molar-refractivity contribution in [3.63, 3.8) is 0 Å². The maximum Gasteiger partial charge on any atom is 0.330 e. The van der Waals surface area contributed by atoms with Crippen molar-refractivity contribution in [2.75, 3.05) is 4.72 Å². The quantitative estimate of drug-likeness (QED) is 0.783. The first-order valence-electron chi connectivity index (χ1n) is 6.22. The summed E-state index contributed by atoms with van der Waals surface area (Å²) in [5.74, 6) is -1.48. The van der Waals surface area contributed by atoms with Gasteiger partial charge in [-0.2, -0.15) is 0 Å². The Labute approximate surface area is 129 Å². The summed E-state index contributed by atoms with van der Waals surface area (Å²) in [4.78, 5) is -0.864. The molecule has 0 spiro atoms. The average Bonchev–Trinajstić information content (AvgIpc) is 3.09. The Morgan fingerprint density at radius 2 is 1.96 bits per heavy atom. The molecule has 2 aromatic heterocycles. The first-order chi connectivity index (χ1) is 10.9. The number of benzene rings is 1. The van der Waals surface area contributed by atoms with Crippen molar-refractivity contribution < 1.29 is 26.0 Å². The number of anilines is 1. The Bertz CT molecular complexity index is 965. The van der Waals surface area contributed by atoms with Gasteiger partial charge in [-0.15, -0.1) is 5.10 Å². The molecule has 0 saturated carbocycles. The Morgan fingerprint density at radius 3 is 2.65 bits per heavy atom. The molecule has 0 aliphatic heterocycles. The van der Waals surface area contributed by atoms with E-state index in [0.717, 1.165) is 6.07 Å². The van der Waals surface area contributed by atoms with Crippen LogP contribution in [0.3, 0.4) is 0 Å².